The number of rotatable bonds is 15. The van der Waals surface area contributed by atoms with Crippen LogP contribution < -0.4 is 16.0 Å². The topological polar surface area (TPSA) is 121 Å². The first-order valence-corrected chi connectivity index (χ1v) is 13.8. The predicted octanol–water partition coefficient (Wildman–Crippen LogP) is 4.19. The van der Waals surface area contributed by atoms with Crippen LogP contribution in [-0.4, -0.2) is 49.4 Å². The van der Waals surface area contributed by atoms with Crippen LogP contribution in [0.1, 0.15) is 44.9 Å². The van der Waals surface area contributed by atoms with Crippen molar-refractivity contribution in [1.29, 1.82) is 0 Å². The molecule has 1 saturated carbocycles. The lowest BCUT2D eigenvalue weighted by Crippen LogP contribution is -2.49. The van der Waals surface area contributed by atoms with E-state index in [9.17, 15) is 24.0 Å². The van der Waals surface area contributed by atoms with Crippen LogP contribution in [0, 0.1) is 11.8 Å². The number of benzene rings is 1. The molecule has 0 bridgehead atoms. The van der Waals surface area contributed by atoms with Gasteiger partial charge in [0.1, 0.15) is 6.29 Å². The maximum Gasteiger partial charge on any atom is 0.243 e. The van der Waals surface area contributed by atoms with Crippen LogP contribution in [0.15, 0.2) is 84.5 Å². The van der Waals surface area contributed by atoms with Crippen molar-refractivity contribution in [3.63, 3.8) is 0 Å². The van der Waals surface area contributed by atoms with Crippen molar-refractivity contribution >= 4 is 41.4 Å². The SMILES string of the molecule is C=C/C=C(Cl)\C=C/C/C=C/C(=O)NCCC(=O)NC(C(=O)C(C=O)CC(=O)NC)C1CCCC1.c1ccccc1. The van der Waals surface area contributed by atoms with E-state index >= 15 is 0 Å². The summed E-state index contributed by atoms with van der Waals surface area (Å²) in [6.07, 6.45) is 13.9. The summed E-state index contributed by atoms with van der Waals surface area (Å²) in [5.74, 6) is -2.77. The number of allylic oxidation sites excluding steroid dienone is 6. The highest BCUT2D eigenvalue weighted by molar-refractivity contribution is 6.31. The van der Waals surface area contributed by atoms with E-state index in [2.05, 4.69) is 22.5 Å². The van der Waals surface area contributed by atoms with Crippen LogP contribution in [0.25, 0.3) is 0 Å². The maximum absolute atomic E-state index is 13.0. The molecule has 0 aromatic heterocycles. The van der Waals surface area contributed by atoms with Crippen molar-refractivity contribution < 1.29 is 24.0 Å². The molecule has 3 N–H and O–H groups in total. The summed E-state index contributed by atoms with van der Waals surface area (Å²) in [6, 6.07) is 11.2. The lowest BCUT2D eigenvalue weighted by atomic mass is 9.86. The summed E-state index contributed by atoms with van der Waals surface area (Å²) in [6.45, 7) is 3.64. The van der Waals surface area contributed by atoms with Gasteiger partial charge in [0.05, 0.1) is 12.0 Å². The zero-order valence-electron chi connectivity index (χ0n) is 23.0. The number of carbonyl (C=O) groups is 5. The smallest absolute Gasteiger partial charge is 0.243 e. The fourth-order valence-corrected chi connectivity index (χ4v) is 4.23. The van der Waals surface area contributed by atoms with E-state index < -0.39 is 29.6 Å². The highest BCUT2D eigenvalue weighted by atomic mass is 35.5. The number of Topliss-reactive ketones (excluding diaryl/α,β-unsaturated/α-hetero) is 1. The third-order valence-electron chi connectivity index (χ3n) is 6.12. The summed E-state index contributed by atoms with van der Waals surface area (Å²) in [5.41, 5.74) is 0. The molecule has 1 aliphatic carbocycles. The number of aldehydes is 1. The number of halogens is 1. The number of nitrogens with one attached hydrogen (secondary N) is 3. The molecule has 2 rings (SSSR count). The summed E-state index contributed by atoms with van der Waals surface area (Å²) in [4.78, 5) is 60.4. The van der Waals surface area contributed by atoms with Crippen LogP contribution in [0.5, 0.6) is 0 Å². The molecule has 216 valence electrons. The molecule has 1 aromatic rings. The Labute approximate surface area is 242 Å². The lowest BCUT2D eigenvalue weighted by molar-refractivity contribution is -0.136. The van der Waals surface area contributed by atoms with Crippen molar-refractivity contribution in [3.8, 4) is 0 Å². The molecule has 3 amide bonds. The lowest BCUT2D eigenvalue weighted by Gasteiger charge is -2.25. The quantitative estimate of drug-likeness (QED) is 0.127. The second-order valence-corrected chi connectivity index (χ2v) is 9.57. The molecule has 8 nitrogen and oxygen atoms in total. The molecule has 9 heteroatoms. The average molecular weight is 570 g/mol. The molecule has 1 aromatic carbocycles. The van der Waals surface area contributed by atoms with E-state index in [1.807, 2.05) is 36.4 Å². The third-order valence-corrected chi connectivity index (χ3v) is 6.37. The van der Waals surface area contributed by atoms with Crippen LogP contribution >= 0.6 is 11.6 Å². The number of hydrogen-bond acceptors (Lipinski definition) is 5. The van der Waals surface area contributed by atoms with Gasteiger partial charge in [-0.15, -0.1) is 0 Å². The molecular weight excluding hydrogens is 530 g/mol. The van der Waals surface area contributed by atoms with Gasteiger partial charge in [-0.2, -0.15) is 0 Å². The summed E-state index contributed by atoms with van der Waals surface area (Å²) in [7, 11) is 1.43. The molecule has 0 saturated heterocycles. The van der Waals surface area contributed by atoms with Gasteiger partial charge in [-0.05, 0) is 43.4 Å². The second-order valence-electron chi connectivity index (χ2n) is 9.14. The van der Waals surface area contributed by atoms with Gasteiger partial charge in [-0.3, -0.25) is 19.2 Å². The first kappa shape index (κ1) is 34.2. The Morgan fingerprint density at radius 1 is 0.975 bits per heavy atom. The number of hydrogen-bond donors (Lipinski definition) is 3. The average Bonchev–Trinajstić information content (AvgIpc) is 3.50. The minimum atomic E-state index is -1.10. The largest absolute Gasteiger partial charge is 0.359 e. The molecule has 1 fully saturated rings. The Morgan fingerprint density at radius 2 is 1.57 bits per heavy atom. The fraction of sp³-hybridized carbons (Fsp3) is 0.387. The molecule has 1 aliphatic rings. The minimum absolute atomic E-state index is 0.0147. The second kappa shape index (κ2) is 21.1. The highest BCUT2D eigenvalue weighted by Gasteiger charge is 2.36. The first-order valence-electron chi connectivity index (χ1n) is 13.4. The Hall–Kier alpha value is -3.78. The van der Waals surface area contributed by atoms with Crippen molar-refractivity contribution in [1.82, 2.24) is 16.0 Å². The Morgan fingerprint density at radius 3 is 2.12 bits per heavy atom. The molecule has 0 spiro atoms. The zero-order valence-corrected chi connectivity index (χ0v) is 23.8. The normalized spacial score (nSPS) is 15.0. The zero-order chi connectivity index (χ0) is 29.6. The van der Waals surface area contributed by atoms with Gasteiger partial charge >= 0.3 is 0 Å². The van der Waals surface area contributed by atoms with Crippen molar-refractivity contribution in [2.24, 2.45) is 11.8 Å². The number of ketones is 1. The van der Waals surface area contributed by atoms with Crippen molar-refractivity contribution in [3.05, 3.63) is 84.5 Å². The van der Waals surface area contributed by atoms with Crippen molar-refractivity contribution in [2.75, 3.05) is 13.6 Å². The van der Waals surface area contributed by atoms with Gasteiger partial charge in [-0.1, -0.05) is 85.6 Å². The van der Waals surface area contributed by atoms with Gasteiger partial charge in [0.25, 0.3) is 0 Å². The van der Waals surface area contributed by atoms with E-state index in [4.69, 9.17) is 11.6 Å². The molecule has 0 heterocycles. The standard InChI is InChI=1S/C25H34ClN3O5.C6H6/c1-3-9-20(26)12-5-4-6-13-21(31)28-15-14-22(32)29-24(18-10-7-8-11-18)25(34)19(17-30)16-23(33)27-2;1-2-4-6-5-3-1/h3,5-6,9,12-13,17-19,24H,1,4,7-8,10-11,14-16H2,2H3,(H,27,33)(H,28,31)(H,29,32);1-6H/b12-5-,13-6+,20-9+;. The minimum Gasteiger partial charge on any atom is -0.359 e. The molecular formula is C31H40ClN3O5. The summed E-state index contributed by atoms with van der Waals surface area (Å²) in [5, 5.41) is 8.29. The van der Waals surface area contributed by atoms with Gasteiger partial charge in [0.15, 0.2) is 5.78 Å². The molecule has 0 aliphatic heterocycles. The van der Waals surface area contributed by atoms with Gasteiger partial charge in [-0.25, -0.2) is 0 Å². The Balaban J connectivity index is 0.00000117. The summed E-state index contributed by atoms with van der Waals surface area (Å²) < 4.78 is 0. The maximum atomic E-state index is 13.0. The third kappa shape index (κ3) is 15.0. The molecule has 0 radical (unpaired) electrons. The Kier molecular flexibility index (Phi) is 18.1. The predicted molar refractivity (Wildman–Crippen MR) is 158 cm³/mol. The van der Waals surface area contributed by atoms with E-state index in [-0.39, 0.29) is 31.2 Å². The Bertz CT molecular complexity index is 1020. The monoisotopic (exact) mass is 569 g/mol. The van der Waals surface area contributed by atoms with E-state index in [1.165, 1.54) is 13.1 Å². The van der Waals surface area contributed by atoms with Gasteiger partial charge < -0.3 is 20.7 Å². The van der Waals surface area contributed by atoms with E-state index in [0.29, 0.717) is 17.7 Å². The van der Waals surface area contributed by atoms with E-state index in [0.717, 1.165) is 25.7 Å². The van der Waals surface area contributed by atoms with Crippen LogP contribution in [0.4, 0.5) is 0 Å². The highest BCUT2D eigenvalue weighted by Crippen LogP contribution is 2.29. The first-order chi connectivity index (χ1) is 19.3. The van der Waals surface area contributed by atoms with E-state index in [1.54, 1.807) is 30.4 Å². The molecule has 40 heavy (non-hydrogen) atoms. The van der Waals surface area contributed by atoms with Crippen LogP contribution in [-0.2, 0) is 24.0 Å². The van der Waals surface area contributed by atoms with Gasteiger partial charge in [0, 0.05) is 31.5 Å². The van der Waals surface area contributed by atoms with Crippen molar-refractivity contribution in [2.45, 2.75) is 51.0 Å². The number of carbonyl (C=O) groups excluding carboxylic acids is 5. The van der Waals surface area contributed by atoms with Crippen LogP contribution in [0.2, 0.25) is 0 Å². The molecule has 2 unspecified atom stereocenters. The van der Waals surface area contributed by atoms with Gasteiger partial charge in [0.2, 0.25) is 17.7 Å². The fourth-order valence-electron chi connectivity index (χ4n) is 4.05. The molecule has 2 atom stereocenters. The number of amides is 3. The summed E-state index contributed by atoms with van der Waals surface area (Å²) >= 11 is 5.88. The van der Waals surface area contributed by atoms with Crippen LogP contribution in [0.3, 0.4) is 0 Å².